The Labute approximate surface area is 197 Å². The number of fused-ring (bicyclic) bond motifs is 2. The highest BCUT2D eigenvalue weighted by Gasteiger charge is 2.22. The lowest BCUT2D eigenvalue weighted by Gasteiger charge is -2.27. The summed E-state index contributed by atoms with van der Waals surface area (Å²) in [6.45, 7) is 9.45. The van der Waals surface area contributed by atoms with E-state index in [1.165, 1.54) is 11.1 Å². The van der Waals surface area contributed by atoms with Crippen LogP contribution in [-0.2, 0) is 16.0 Å². The number of carbonyl (C=O) groups is 1. The second kappa shape index (κ2) is 9.67. The van der Waals surface area contributed by atoms with Gasteiger partial charge in [-0.05, 0) is 55.2 Å². The highest BCUT2D eigenvalue weighted by molar-refractivity contribution is 7.22. The molecule has 3 heterocycles. The molecule has 2 aliphatic rings. The van der Waals surface area contributed by atoms with Gasteiger partial charge < -0.3 is 14.2 Å². The van der Waals surface area contributed by atoms with Crippen molar-refractivity contribution in [3.05, 3.63) is 47.0 Å². The smallest absolute Gasteiger partial charge is 0.233 e. The molecular formula is C25H29N3O4S. The summed E-state index contributed by atoms with van der Waals surface area (Å²) in [6.07, 6.45) is 1.18. The van der Waals surface area contributed by atoms with E-state index in [-0.39, 0.29) is 12.7 Å². The van der Waals surface area contributed by atoms with Crippen LogP contribution in [0.5, 0.6) is 11.5 Å². The molecule has 0 bridgehead atoms. The van der Waals surface area contributed by atoms with E-state index in [2.05, 4.69) is 30.9 Å². The molecule has 2 aliphatic heterocycles. The molecule has 0 saturated carbocycles. The van der Waals surface area contributed by atoms with Crippen molar-refractivity contribution in [2.75, 3.05) is 51.1 Å². The number of benzene rings is 2. The lowest BCUT2D eigenvalue weighted by Crippen LogP contribution is -2.39. The van der Waals surface area contributed by atoms with Crippen molar-refractivity contribution in [1.82, 2.24) is 9.88 Å². The molecular weight excluding hydrogens is 438 g/mol. The SMILES string of the molecule is Cc1cc(C)c2sc(N(CCCN3CCOCC3)C(=O)Cc3ccc4c(c3)OCO4)nc2c1. The number of morpholine rings is 1. The van der Waals surface area contributed by atoms with Gasteiger partial charge in [0.15, 0.2) is 16.6 Å². The molecule has 0 atom stereocenters. The summed E-state index contributed by atoms with van der Waals surface area (Å²) >= 11 is 1.60. The van der Waals surface area contributed by atoms with Gasteiger partial charge in [-0.3, -0.25) is 14.6 Å². The standard InChI is InChI=1S/C25H29N3O4S/c1-17-12-18(2)24-20(13-17)26-25(33-24)28(7-3-6-27-8-10-30-11-9-27)23(29)15-19-4-5-21-22(14-19)32-16-31-21/h4-5,12-14H,3,6-11,15-16H2,1-2H3. The summed E-state index contributed by atoms with van der Waals surface area (Å²) < 4.78 is 17.5. The second-order valence-corrected chi connectivity index (χ2v) is 9.62. The highest BCUT2D eigenvalue weighted by atomic mass is 32.1. The molecule has 2 aromatic carbocycles. The Bertz CT molecular complexity index is 1160. The molecule has 3 aromatic rings. The maximum Gasteiger partial charge on any atom is 0.233 e. The topological polar surface area (TPSA) is 64.1 Å². The Hall–Kier alpha value is -2.68. The van der Waals surface area contributed by atoms with Gasteiger partial charge in [-0.25, -0.2) is 4.98 Å². The molecule has 1 aromatic heterocycles. The van der Waals surface area contributed by atoms with E-state index in [1.54, 1.807) is 11.3 Å². The van der Waals surface area contributed by atoms with Gasteiger partial charge in [-0.2, -0.15) is 0 Å². The number of anilines is 1. The number of carbonyl (C=O) groups excluding carboxylic acids is 1. The first-order chi connectivity index (χ1) is 16.1. The summed E-state index contributed by atoms with van der Waals surface area (Å²) in [7, 11) is 0. The fraction of sp³-hybridized carbons (Fsp3) is 0.440. The Balaban J connectivity index is 1.36. The van der Waals surface area contributed by atoms with E-state index in [9.17, 15) is 4.79 Å². The largest absolute Gasteiger partial charge is 0.454 e. The normalized spacial score (nSPS) is 15.8. The van der Waals surface area contributed by atoms with Crippen molar-refractivity contribution in [1.29, 1.82) is 0 Å². The Morgan fingerprint density at radius 3 is 2.79 bits per heavy atom. The number of amides is 1. The molecule has 174 valence electrons. The maximum absolute atomic E-state index is 13.5. The minimum atomic E-state index is 0.0456. The number of hydrogen-bond donors (Lipinski definition) is 0. The van der Waals surface area contributed by atoms with Gasteiger partial charge >= 0.3 is 0 Å². The summed E-state index contributed by atoms with van der Waals surface area (Å²) in [6, 6.07) is 9.97. The van der Waals surface area contributed by atoms with Crippen LogP contribution in [0.15, 0.2) is 30.3 Å². The maximum atomic E-state index is 13.5. The summed E-state index contributed by atoms with van der Waals surface area (Å²) in [5.74, 6) is 1.47. The van der Waals surface area contributed by atoms with Crippen LogP contribution in [0.4, 0.5) is 5.13 Å². The third-order valence-corrected chi connectivity index (χ3v) is 7.32. The van der Waals surface area contributed by atoms with Crippen molar-refractivity contribution in [3.63, 3.8) is 0 Å². The Kier molecular flexibility index (Phi) is 6.48. The van der Waals surface area contributed by atoms with Crippen LogP contribution >= 0.6 is 11.3 Å². The predicted octanol–water partition coefficient (Wildman–Crippen LogP) is 3.94. The zero-order chi connectivity index (χ0) is 22.8. The van der Waals surface area contributed by atoms with Crippen LogP contribution in [0.25, 0.3) is 10.2 Å². The van der Waals surface area contributed by atoms with Crippen LogP contribution in [0.1, 0.15) is 23.1 Å². The van der Waals surface area contributed by atoms with Crippen molar-refractivity contribution in [2.45, 2.75) is 26.7 Å². The van der Waals surface area contributed by atoms with Crippen LogP contribution in [-0.4, -0.2) is 62.0 Å². The predicted molar refractivity (Wildman–Crippen MR) is 130 cm³/mol. The number of rotatable bonds is 7. The third kappa shape index (κ3) is 4.98. The van der Waals surface area contributed by atoms with E-state index >= 15 is 0 Å². The van der Waals surface area contributed by atoms with Crippen molar-refractivity contribution in [2.24, 2.45) is 0 Å². The number of aryl methyl sites for hydroxylation is 2. The molecule has 1 saturated heterocycles. The molecule has 0 radical (unpaired) electrons. The number of ether oxygens (including phenoxy) is 3. The van der Waals surface area contributed by atoms with E-state index in [0.717, 1.165) is 65.9 Å². The van der Waals surface area contributed by atoms with E-state index in [1.807, 2.05) is 23.1 Å². The number of nitrogens with zero attached hydrogens (tertiary/aromatic N) is 3. The molecule has 5 rings (SSSR count). The van der Waals surface area contributed by atoms with Gasteiger partial charge in [-0.1, -0.05) is 23.5 Å². The zero-order valence-electron chi connectivity index (χ0n) is 19.1. The molecule has 7 nitrogen and oxygen atoms in total. The fourth-order valence-electron chi connectivity index (χ4n) is 4.41. The molecule has 8 heteroatoms. The van der Waals surface area contributed by atoms with Crippen LogP contribution in [0.3, 0.4) is 0 Å². The minimum absolute atomic E-state index is 0.0456. The first-order valence-corrected chi connectivity index (χ1v) is 12.3. The summed E-state index contributed by atoms with van der Waals surface area (Å²) in [5, 5.41) is 0.770. The van der Waals surface area contributed by atoms with Crippen LogP contribution in [0, 0.1) is 13.8 Å². The molecule has 1 fully saturated rings. The van der Waals surface area contributed by atoms with Crippen LogP contribution in [0.2, 0.25) is 0 Å². The first kappa shape index (κ1) is 22.1. The average molecular weight is 468 g/mol. The highest BCUT2D eigenvalue weighted by Crippen LogP contribution is 2.34. The number of thiazole rings is 1. The monoisotopic (exact) mass is 467 g/mol. The van der Waals surface area contributed by atoms with Gasteiger partial charge in [0.2, 0.25) is 12.7 Å². The third-order valence-electron chi connectivity index (χ3n) is 6.09. The van der Waals surface area contributed by atoms with E-state index < -0.39 is 0 Å². The Morgan fingerprint density at radius 2 is 1.94 bits per heavy atom. The summed E-state index contributed by atoms with van der Waals surface area (Å²) in [4.78, 5) is 22.6. The van der Waals surface area contributed by atoms with Gasteiger partial charge in [-0.15, -0.1) is 0 Å². The van der Waals surface area contributed by atoms with Crippen LogP contribution < -0.4 is 14.4 Å². The van der Waals surface area contributed by atoms with Gasteiger partial charge in [0, 0.05) is 26.2 Å². The Morgan fingerprint density at radius 1 is 1.12 bits per heavy atom. The van der Waals surface area contributed by atoms with Gasteiger partial charge in [0.1, 0.15) is 0 Å². The number of hydrogen-bond acceptors (Lipinski definition) is 7. The molecule has 0 N–H and O–H groups in total. The van der Waals surface area contributed by atoms with E-state index in [4.69, 9.17) is 19.2 Å². The zero-order valence-corrected chi connectivity index (χ0v) is 20.0. The molecule has 33 heavy (non-hydrogen) atoms. The quantitative estimate of drug-likeness (QED) is 0.525. The summed E-state index contributed by atoms with van der Waals surface area (Å²) in [5.41, 5.74) is 4.25. The van der Waals surface area contributed by atoms with Crippen molar-refractivity contribution in [3.8, 4) is 11.5 Å². The van der Waals surface area contributed by atoms with Crippen molar-refractivity contribution < 1.29 is 19.0 Å². The van der Waals surface area contributed by atoms with Gasteiger partial charge in [0.05, 0.1) is 29.9 Å². The minimum Gasteiger partial charge on any atom is -0.454 e. The van der Waals surface area contributed by atoms with Gasteiger partial charge in [0.25, 0.3) is 0 Å². The molecule has 0 spiro atoms. The molecule has 0 aliphatic carbocycles. The molecule has 1 amide bonds. The lowest BCUT2D eigenvalue weighted by molar-refractivity contribution is -0.118. The molecule has 0 unspecified atom stereocenters. The first-order valence-electron chi connectivity index (χ1n) is 11.4. The van der Waals surface area contributed by atoms with E-state index in [0.29, 0.717) is 18.7 Å². The van der Waals surface area contributed by atoms with Crippen molar-refractivity contribution >= 4 is 32.6 Å². The fourth-order valence-corrected chi connectivity index (χ4v) is 5.46. The second-order valence-electron chi connectivity index (χ2n) is 8.64. The lowest BCUT2D eigenvalue weighted by atomic mass is 10.1. The average Bonchev–Trinajstić information content (AvgIpc) is 3.44. The number of aromatic nitrogens is 1.